The fourth-order valence-electron chi connectivity index (χ4n) is 15.8. The van der Waals surface area contributed by atoms with Gasteiger partial charge in [-0.3, -0.25) is 0 Å². The van der Waals surface area contributed by atoms with Crippen LogP contribution in [0.5, 0.6) is 0 Å². The molecule has 115 heavy (non-hydrogen) atoms. The zero-order chi connectivity index (χ0) is 76.9. The van der Waals surface area contributed by atoms with E-state index in [9.17, 15) is 0 Å². The van der Waals surface area contributed by atoms with Crippen molar-refractivity contribution in [1.82, 2.24) is 29.9 Å². The van der Waals surface area contributed by atoms with Gasteiger partial charge in [0.05, 0.1) is 56.4 Å². The third-order valence-electron chi connectivity index (χ3n) is 22.3. The van der Waals surface area contributed by atoms with Crippen LogP contribution in [0.2, 0.25) is 0 Å². The number of halogens is 1. The van der Waals surface area contributed by atoms with Crippen LogP contribution in [0.4, 0.5) is 0 Å². The maximum atomic E-state index is 6.27. The Hall–Kier alpha value is -13.5. The summed E-state index contributed by atoms with van der Waals surface area (Å²) in [6, 6.07) is 131. The second-order valence-corrected chi connectivity index (χ2v) is 30.8. The lowest BCUT2D eigenvalue weighted by molar-refractivity contribution is 0.00578. The van der Waals surface area contributed by atoms with Crippen molar-refractivity contribution in [2.75, 3.05) is 0 Å². The largest absolute Gasteiger partial charge is 0.494 e. The monoisotopic (exact) mass is 1540 g/mol. The zero-order valence-electron chi connectivity index (χ0n) is 63.3. The summed E-state index contributed by atoms with van der Waals surface area (Å²) in [6.45, 7) is 8.34. The van der Waals surface area contributed by atoms with Crippen LogP contribution < -0.4 is 5.46 Å². The molecule has 1 aliphatic rings. The number of benzene rings is 16. The second kappa shape index (κ2) is 30.9. The molecule has 0 atom stereocenters. The summed E-state index contributed by atoms with van der Waals surface area (Å²) in [4.78, 5) is 30.4. The first-order chi connectivity index (χ1) is 55.9. The lowest BCUT2D eigenvalue weighted by Gasteiger charge is -2.32. The number of nitrogens with zero attached hydrogens (tertiary/aromatic N) is 6. The molecule has 21 rings (SSSR count). The number of fused-ring (bicyclic) bond motifs is 16. The first-order valence-electron chi connectivity index (χ1n) is 38.6. The molecule has 550 valence electrons. The summed E-state index contributed by atoms with van der Waals surface area (Å²) in [6.07, 6.45) is 0. The number of hydrogen-bond donors (Lipinski definition) is 0. The molecule has 1 saturated heterocycles. The molecule has 16 aromatic carbocycles. The van der Waals surface area contributed by atoms with Crippen LogP contribution in [0.25, 0.3) is 188 Å². The van der Waals surface area contributed by atoms with Gasteiger partial charge in [-0.15, -0.1) is 0 Å². The standard InChI is InChI=1S/C49H31N3.C33H28BNO2.C22H15BrN2.CH4/c1-3-13-34(14-4-1)44-31-45(51-49(50-44)37-15-5-2-6-16-37)35-27-23-32(24-28-35)33-25-29-36(30-26-33)47-43-22-12-10-20-41(43)46-40-19-9-7-17-38(40)39-18-8-11-21-42(39)48(46)52-47;1-32(2)33(3,4)37-34(36-32)22-19-17-21(18-20-22)30-28-16-10-8-14-26(28)29-25-13-7-5-11-23(25)24-12-6-9-15-27(24)31(29)35-30;23-19-13-11-17(12-14-19)21-15-20(16-7-3-1-4-8-16)24-22(25-21)18-9-5-2-6-10-18;/h1-31H;5-20H,1-4H3;1-15H;1H4. The maximum absolute atomic E-state index is 6.27. The minimum absolute atomic E-state index is 0. The predicted molar refractivity (Wildman–Crippen MR) is 485 cm³/mol. The van der Waals surface area contributed by atoms with Gasteiger partial charge >= 0.3 is 7.12 Å². The third-order valence-corrected chi connectivity index (χ3v) is 22.9. The predicted octanol–water partition coefficient (Wildman–Crippen LogP) is 27.4. The van der Waals surface area contributed by atoms with Crippen molar-refractivity contribution in [3.05, 3.63) is 381 Å². The molecule has 0 unspecified atom stereocenters. The van der Waals surface area contributed by atoms with Crippen LogP contribution in [0, 0.1) is 0 Å². The van der Waals surface area contributed by atoms with Crippen LogP contribution in [-0.4, -0.2) is 48.2 Å². The minimum atomic E-state index is -0.379. The molecule has 1 aliphatic heterocycles. The van der Waals surface area contributed by atoms with Crippen molar-refractivity contribution in [1.29, 1.82) is 0 Å². The minimum Gasteiger partial charge on any atom is -0.399 e. The summed E-state index contributed by atoms with van der Waals surface area (Å²) >= 11 is 3.49. The van der Waals surface area contributed by atoms with Gasteiger partial charge in [-0.2, -0.15) is 0 Å². The molecule has 0 spiro atoms. The lowest BCUT2D eigenvalue weighted by Crippen LogP contribution is -2.41. The Morgan fingerprint density at radius 2 is 0.478 bits per heavy atom. The Morgan fingerprint density at radius 3 is 0.826 bits per heavy atom. The van der Waals surface area contributed by atoms with Crippen molar-refractivity contribution in [3.63, 3.8) is 0 Å². The van der Waals surface area contributed by atoms with Crippen molar-refractivity contribution in [2.24, 2.45) is 0 Å². The van der Waals surface area contributed by atoms with E-state index in [2.05, 4.69) is 317 Å². The van der Waals surface area contributed by atoms with Gasteiger partial charge < -0.3 is 9.31 Å². The Balaban J connectivity index is 0.000000127. The van der Waals surface area contributed by atoms with E-state index in [-0.39, 0.29) is 25.7 Å². The highest BCUT2D eigenvalue weighted by Crippen LogP contribution is 2.45. The van der Waals surface area contributed by atoms with Crippen LogP contribution in [0.1, 0.15) is 35.1 Å². The third kappa shape index (κ3) is 14.1. The molecule has 10 heteroatoms. The Labute approximate surface area is 677 Å². The summed E-state index contributed by atoms with van der Waals surface area (Å²) in [5, 5.41) is 17.0. The lowest BCUT2D eigenvalue weighted by atomic mass is 9.78. The van der Waals surface area contributed by atoms with E-state index in [1.54, 1.807) is 0 Å². The van der Waals surface area contributed by atoms with Gasteiger partial charge in [0.25, 0.3) is 0 Å². The first kappa shape index (κ1) is 73.0. The molecule has 0 saturated carbocycles. The topological polar surface area (TPSA) is 95.8 Å². The van der Waals surface area contributed by atoms with Crippen LogP contribution >= 0.6 is 15.9 Å². The highest BCUT2D eigenvalue weighted by atomic mass is 79.9. The quantitative estimate of drug-likeness (QED) is 0.0987. The normalized spacial score (nSPS) is 12.9. The van der Waals surface area contributed by atoms with E-state index in [4.69, 9.17) is 39.2 Å². The number of aromatic nitrogens is 6. The van der Waals surface area contributed by atoms with Crippen molar-refractivity contribution >= 4 is 115 Å². The second-order valence-electron chi connectivity index (χ2n) is 29.9. The van der Waals surface area contributed by atoms with Crippen LogP contribution in [0.3, 0.4) is 0 Å². The number of pyridine rings is 2. The molecule has 0 aliphatic carbocycles. The van der Waals surface area contributed by atoms with E-state index < -0.39 is 0 Å². The zero-order valence-corrected chi connectivity index (χ0v) is 64.8. The van der Waals surface area contributed by atoms with Crippen LogP contribution in [0.15, 0.2) is 381 Å². The molecular formula is C105H78BBrN6O2. The van der Waals surface area contributed by atoms with E-state index in [0.29, 0.717) is 5.82 Å². The molecular weight excluding hydrogens is 1470 g/mol. The Morgan fingerprint density at radius 1 is 0.235 bits per heavy atom. The average molecular weight is 1550 g/mol. The molecule has 0 N–H and O–H groups in total. The van der Waals surface area contributed by atoms with Crippen molar-refractivity contribution in [3.8, 4) is 101 Å². The average Bonchev–Trinajstić information content (AvgIpc) is 1.44. The van der Waals surface area contributed by atoms with E-state index >= 15 is 0 Å². The molecule has 8 nitrogen and oxygen atoms in total. The highest BCUT2D eigenvalue weighted by molar-refractivity contribution is 9.10. The molecule has 4 aromatic heterocycles. The molecule has 20 aromatic rings. The van der Waals surface area contributed by atoms with Gasteiger partial charge in [0.2, 0.25) is 0 Å². The number of hydrogen-bond acceptors (Lipinski definition) is 8. The Kier molecular flexibility index (Phi) is 19.6. The fourth-order valence-corrected chi connectivity index (χ4v) is 16.1. The molecule has 0 bridgehead atoms. The van der Waals surface area contributed by atoms with Gasteiger partial charge in [0.15, 0.2) is 11.6 Å². The van der Waals surface area contributed by atoms with Crippen molar-refractivity contribution < 1.29 is 9.31 Å². The van der Waals surface area contributed by atoms with Gasteiger partial charge in [0.1, 0.15) is 0 Å². The van der Waals surface area contributed by atoms with Gasteiger partial charge in [-0.1, -0.05) is 375 Å². The smallest absolute Gasteiger partial charge is 0.399 e. The van der Waals surface area contributed by atoms with Gasteiger partial charge in [0, 0.05) is 81.3 Å². The summed E-state index contributed by atoms with van der Waals surface area (Å²) in [5.74, 6) is 1.45. The van der Waals surface area contributed by atoms with E-state index in [1.807, 2.05) is 103 Å². The first-order valence-corrected chi connectivity index (χ1v) is 39.4. The van der Waals surface area contributed by atoms with Crippen molar-refractivity contribution in [2.45, 2.75) is 46.3 Å². The molecule has 0 amide bonds. The Bertz CT molecular complexity index is 6890. The van der Waals surface area contributed by atoms with E-state index in [1.165, 1.54) is 64.6 Å². The number of rotatable bonds is 10. The molecule has 1 fully saturated rings. The summed E-state index contributed by atoms with van der Waals surface area (Å²) in [7, 11) is -0.379. The maximum Gasteiger partial charge on any atom is 0.494 e. The molecule has 5 heterocycles. The fraction of sp³-hybridized carbons (Fsp3) is 0.0667. The van der Waals surface area contributed by atoms with Gasteiger partial charge in [-0.05, 0) is 112 Å². The highest BCUT2D eigenvalue weighted by Gasteiger charge is 2.51. The summed E-state index contributed by atoms with van der Waals surface area (Å²) < 4.78 is 13.6. The van der Waals surface area contributed by atoms with Gasteiger partial charge in [-0.25, -0.2) is 29.9 Å². The SMILES string of the molecule is Brc1ccc(-c2cc(-c3ccccc3)nc(-c3ccccc3)n2)cc1.C.CC1(C)OB(c2ccc(-c3nc4c5ccccc5c5ccccc5c4c4ccccc34)cc2)OC1(C)C.c1ccc(-c2cc(-c3ccc(-c4ccc(-c5nc6c7ccccc7c7ccccc7c6c6ccccc56)cc4)cc3)nc(-c3ccccc3)n2)cc1. The summed E-state index contributed by atoms with van der Waals surface area (Å²) in [5.41, 5.74) is 18.7. The van der Waals surface area contributed by atoms with Crippen LogP contribution in [-0.2, 0) is 9.31 Å². The van der Waals surface area contributed by atoms with E-state index in [0.717, 1.165) is 127 Å². The molecule has 0 radical (unpaired) electrons.